The largest absolute Gasteiger partial charge is 0.381 e. The average molecular weight is 262 g/mol. The van der Waals surface area contributed by atoms with Gasteiger partial charge in [-0.15, -0.1) is 11.6 Å². The van der Waals surface area contributed by atoms with Crippen molar-refractivity contribution >= 4 is 17.5 Å². The molecule has 0 aliphatic carbocycles. The van der Waals surface area contributed by atoms with Crippen molar-refractivity contribution in [3.05, 3.63) is 0 Å². The lowest BCUT2D eigenvalue weighted by Gasteiger charge is -2.27. The van der Waals surface area contributed by atoms with Crippen molar-refractivity contribution in [2.24, 2.45) is 11.3 Å². The second kappa shape index (κ2) is 7.22. The van der Waals surface area contributed by atoms with E-state index < -0.39 is 0 Å². The standard InChI is InChI=1S/C13H24ClNO2/c1-13(2,6-4-7-14)10-15-12(16)11-5-3-8-17-9-11/h11H,3-10H2,1-2H3,(H,15,16). The zero-order valence-electron chi connectivity index (χ0n) is 10.9. The number of hydrogen-bond donors (Lipinski definition) is 1. The van der Waals surface area contributed by atoms with E-state index in [2.05, 4.69) is 19.2 Å². The minimum Gasteiger partial charge on any atom is -0.381 e. The van der Waals surface area contributed by atoms with Crippen LogP contribution >= 0.6 is 11.6 Å². The molecular formula is C13H24ClNO2. The van der Waals surface area contributed by atoms with Crippen LogP contribution in [0.2, 0.25) is 0 Å². The second-order valence-corrected chi connectivity index (χ2v) is 5.97. The van der Waals surface area contributed by atoms with Gasteiger partial charge < -0.3 is 10.1 Å². The Balaban J connectivity index is 2.26. The van der Waals surface area contributed by atoms with Gasteiger partial charge in [-0.05, 0) is 31.1 Å². The molecule has 0 spiro atoms. The van der Waals surface area contributed by atoms with E-state index in [1.807, 2.05) is 0 Å². The number of halogens is 1. The highest BCUT2D eigenvalue weighted by Crippen LogP contribution is 2.22. The quantitative estimate of drug-likeness (QED) is 0.747. The number of hydrogen-bond acceptors (Lipinski definition) is 2. The molecule has 1 N–H and O–H groups in total. The Morgan fingerprint density at radius 3 is 2.88 bits per heavy atom. The molecule has 1 aliphatic rings. The lowest BCUT2D eigenvalue weighted by Crippen LogP contribution is -2.40. The summed E-state index contributed by atoms with van der Waals surface area (Å²) in [5.74, 6) is 0.879. The summed E-state index contributed by atoms with van der Waals surface area (Å²) in [6.45, 7) is 6.42. The highest BCUT2D eigenvalue weighted by molar-refractivity contribution is 6.17. The molecule has 1 rings (SSSR count). The molecule has 1 unspecified atom stereocenters. The lowest BCUT2D eigenvalue weighted by atomic mass is 9.88. The first kappa shape index (κ1) is 14.8. The predicted molar refractivity (Wildman–Crippen MR) is 70.3 cm³/mol. The zero-order chi connectivity index (χ0) is 12.7. The summed E-state index contributed by atoms with van der Waals surface area (Å²) in [6, 6.07) is 0. The first-order valence-corrected chi connectivity index (χ1v) is 7.00. The maximum absolute atomic E-state index is 11.9. The third-order valence-electron chi connectivity index (χ3n) is 3.26. The van der Waals surface area contributed by atoms with Gasteiger partial charge in [0.25, 0.3) is 0 Å². The number of rotatable bonds is 6. The lowest BCUT2D eigenvalue weighted by molar-refractivity contribution is -0.129. The van der Waals surface area contributed by atoms with Crippen LogP contribution in [0, 0.1) is 11.3 Å². The van der Waals surface area contributed by atoms with Crippen LogP contribution < -0.4 is 5.32 Å². The fourth-order valence-corrected chi connectivity index (χ4v) is 2.19. The van der Waals surface area contributed by atoms with Gasteiger partial charge in [-0.2, -0.15) is 0 Å². The average Bonchev–Trinajstić information content (AvgIpc) is 2.35. The molecule has 1 fully saturated rings. The van der Waals surface area contributed by atoms with Gasteiger partial charge in [-0.1, -0.05) is 13.8 Å². The van der Waals surface area contributed by atoms with Crippen LogP contribution in [0.5, 0.6) is 0 Å². The van der Waals surface area contributed by atoms with Gasteiger partial charge in [0.2, 0.25) is 5.91 Å². The number of carbonyl (C=O) groups excluding carboxylic acids is 1. The van der Waals surface area contributed by atoms with Crippen molar-refractivity contribution in [3.8, 4) is 0 Å². The van der Waals surface area contributed by atoms with Gasteiger partial charge in [0.15, 0.2) is 0 Å². The van der Waals surface area contributed by atoms with Crippen LogP contribution in [0.3, 0.4) is 0 Å². The molecule has 1 aliphatic heterocycles. The number of ether oxygens (including phenoxy) is 1. The molecule has 17 heavy (non-hydrogen) atoms. The normalized spacial score (nSPS) is 21.2. The Labute approximate surface area is 109 Å². The van der Waals surface area contributed by atoms with E-state index in [-0.39, 0.29) is 17.2 Å². The molecule has 1 atom stereocenters. The Hall–Kier alpha value is -0.280. The van der Waals surface area contributed by atoms with E-state index in [1.54, 1.807) is 0 Å². The summed E-state index contributed by atoms with van der Waals surface area (Å²) in [6.07, 6.45) is 3.98. The second-order valence-electron chi connectivity index (χ2n) is 5.59. The van der Waals surface area contributed by atoms with E-state index >= 15 is 0 Å². The van der Waals surface area contributed by atoms with Crippen molar-refractivity contribution in [2.75, 3.05) is 25.6 Å². The van der Waals surface area contributed by atoms with E-state index in [0.29, 0.717) is 12.5 Å². The van der Waals surface area contributed by atoms with Gasteiger partial charge in [-0.25, -0.2) is 0 Å². The summed E-state index contributed by atoms with van der Waals surface area (Å²) in [5, 5.41) is 3.04. The van der Waals surface area contributed by atoms with Gasteiger partial charge in [-0.3, -0.25) is 4.79 Å². The Morgan fingerprint density at radius 2 is 2.29 bits per heavy atom. The Morgan fingerprint density at radius 1 is 1.53 bits per heavy atom. The molecule has 1 saturated heterocycles. The molecule has 0 aromatic heterocycles. The number of amides is 1. The van der Waals surface area contributed by atoms with Gasteiger partial charge >= 0.3 is 0 Å². The van der Waals surface area contributed by atoms with E-state index in [1.165, 1.54) is 0 Å². The Bertz CT molecular complexity index is 238. The molecule has 0 bridgehead atoms. The molecular weight excluding hydrogens is 238 g/mol. The third-order valence-corrected chi connectivity index (χ3v) is 3.53. The van der Waals surface area contributed by atoms with Crippen molar-refractivity contribution in [1.82, 2.24) is 5.32 Å². The minimum atomic E-state index is 0.0487. The SMILES string of the molecule is CC(C)(CCCCl)CNC(=O)C1CCCOC1. The fraction of sp³-hybridized carbons (Fsp3) is 0.923. The minimum absolute atomic E-state index is 0.0487. The first-order valence-electron chi connectivity index (χ1n) is 6.46. The first-order chi connectivity index (χ1) is 8.05. The molecule has 4 heteroatoms. The van der Waals surface area contributed by atoms with Crippen molar-refractivity contribution in [3.63, 3.8) is 0 Å². The van der Waals surface area contributed by atoms with Crippen LogP contribution in [-0.2, 0) is 9.53 Å². The fourth-order valence-electron chi connectivity index (χ4n) is 2.05. The van der Waals surface area contributed by atoms with E-state index in [0.717, 1.165) is 38.8 Å². The topological polar surface area (TPSA) is 38.3 Å². The summed E-state index contributed by atoms with van der Waals surface area (Å²) in [5.41, 5.74) is 0.125. The summed E-state index contributed by atoms with van der Waals surface area (Å²) in [7, 11) is 0. The molecule has 1 amide bonds. The maximum Gasteiger partial charge on any atom is 0.225 e. The highest BCUT2D eigenvalue weighted by Gasteiger charge is 2.24. The highest BCUT2D eigenvalue weighted by atomic mass is 35.5. The third kappa shape index (κ3) is 5.73. The van der Waals surface area contributed by atoms with Crippen LogP contribution in [-0.4, -0.2) is 31.5 Å². The van der Waals surface area contributed by atoms with E-state index in [9.17, 15) is 4.79 Å². The smallest absolute Gasteiger partial charge is 0.225 e. The van der Waals surface area contributed by atoms with Crippen LogP contribution in [0.1, 0.15) is 39.5 Å². The van der Waals surface area contributed by atoms with Gasteiger partial charge in [0, 0.05) is 19.0 Å². The predicted octanol–water partition coefficient (Wildman–Crippen LogP) is 2.57. The number of carbonyl (C=O) groups is 1. The zero-order valence-corrected chi connectivity index (χ0v) is 11.7. The van der Waals surface area contributed by atoms with Crippen LogP contribution in [0.25, 0.3) is 0 Å². The summed E-state index contributed by atoms with van der Waals surface area (Å²) >= 11 is 5.69. The van der Waals surface area contributed by atoms with Crippen molar-refractivity contribution < 1.29 is 9.53 Å². The van der Waals surface area contributed by atoms with Gasteiger partial charge in [0.05, 0.1) is 12.5 Å². The number of alkyl halides is 1. The number of nitrogens with one attached hydrogen (secondary N) is 1. The summed E-state index contributed by atoms with van der Waals surface area (Å²) < 4.78 is 5.32. The molecule has 0 aromatic carbocycles. The van der Waals surface area contributed by atoms with Crippen molar-refractivity contribution in [1.29, 1.82) is 0 Å². The van der Waals surface area contributed by atoms with Crippen molar-refractivity contribution in [2.45, 2.75) is 39.5 Å². The maximum atomic E-state index is 11.9. The van der Waals surface area contributed by atoms with Gasteiger partial charge in [0.1, 0.15) is 0 Å². The van der Waals surface area contributed by atoms with Crippen LogP contribution in [0.15, 0.2) is 0 Å². The monoisotopic (exact) mass is 261 g/mol. The molecule has 0 aromatic rings. The molecule has 100 valence electrons. The molecule has 3 nitrogen and oxygen atoms in total. The molecule has 0 saturated carbocycles. The van der Waals surface area contributed by atoms with Crippen LogP contribution in [0.4, 0.5) is 0 Å². The van der Waals surface area contributed by atoms with E-state index in [4.69, 9.17) is 16.3 Å². The molecule has 0 radical (unpaired) electrons. The molecule has 1 heterocycles. The Kier molecular flexibility index (Phi) is 6.28. The summed E-state index contributed by atoms with van der Waals surface area (Å²) in [4.78, 5) is 11.9.